The van der Waals surface area contributed by atoms with Gasteiger partial charge in [0.15, 0.2) is 9.84 Å². The number of carbonyl (C=O) groups is 1. The van der Waals surface area contributed by atoms with E-state index >= 15 is 4.39 Å². The van der Waals surface area contributed by atoms with Crippen molar-refractivity contribution in [2.24, 2.45) is 5.92 Å². The fourth-order valence-corrected chi connectivity index (χ4v) is 11.2. The van der Waals surface area contributed by atoms with Gasteiger partial charge < -0.3 is 4.90 Å². The molecule has 2 aromatic rings. The zero-order valence-corrected chi connectivity index (χ0v) is 25.9. The van der Waals surface area contributed by atoms with Crippen molar-refractivity contribution in [3.05, 3.63) is 63.7 Å². The Labute approximate surface area is 256 Å². The van der Waals surface area contributed by atoms with Crippen molar-refractivity contribution >= 4 is 48.0 Å². The molecule has 1 aliphatic carbocycles. The third kappa shape index (κ3) is 5.02. The highest BCUT2D eigenvalue weighted by atomic mass is 35.5. The number of likely N-dealkylation sites (tertiary alicyclic amines) is 1. The molecule has 43 heavy (non-hydrogen) atoms. The lowest BCUT2D eigenvalue weighted by Gasteiger charge is -2.43. The van der Waals surface area contributed by atoms with Crippen molar-refractivity contribution < 1.29 is 43.9 Å². The minimum Gasteiger partial charge on any atom is -0.337 e. The van der Waals surface area contributed by atoms with Gasteiger partial charge in [0.05, 0.1) is 10.9 Å². The molecule has 2 heterocycles. The van der Waals surface area contributed by atoms with Crippen LogP contribution in [-0.2, 0) is 52.1 Å². The van der Waals surface area contributed by atoms with Crippen LogP contribution >= 0.6 is 11.6 Å². The minimum absolute atomic E-state index is 0.0117. The molecule has 2 fully saturated rings. The summed E-state index contributed by atoms with van der Waals surface area (Å²) < 4.78 is 124. The van der Waals surface area contributed by atoms with Crippen molar-refractivity contribution in [1.82, 2.24) is 4.90 Å². The van der Waals surface area contributed by atoms with E-state index in [4.69, 9.17) is 22.8 Å². The van der Waals surface area contributed by atoms with Gasteiger partial charge in [-0.3, -0.25) is 4.79 Å². The first-order valence-corrected chi connectivity index (χ1v) is 17.8. The number of hydrogen-bond acceptors (Lipinski definition) is 4. The molecule has 2 atom stereocenters. The van der Waals surface area contributed by atoms with Crippen LogP contribution in [0.5, 0.6) is 0 Å². The summed E-state index contributed by atoms with van der Waals surface area (Å²) in [5, 5.41) is 0.144. The van der Waals surface area contributed by atoms with Crippen molar-refractivity contribution in [1.29, 1.82) is 0 Å². The molecule has 1 amide bonds. The Kier molecular flexibility index (Phi) is 8.30. The van der Waals surface area contributed by atoms with Crippen LogP contribution in [0.25, 0.3) is 0 Å². The van der Waals surface area contributed by atoms with Gasteiger partial charge in [-0.25, -0.2) is 12.8 Å². The second kappa shape index (κ2) is 10.9. The van der Waals surface area contributed by atoms with Gasteiger partial charge in [-0.2, -0.15) is 26.3 Å². The average Bonchev–Trinajstić information content (AvgIpc) is 3.34. The van der Waals surface area contributed by atoms with E-state index in [0.29, 0.717) is 42.0 Å². The zero-order valence-electron chi connectivity index (χ0n) is 22.7. The fourth-order valence-electron chi connectivity index (χ4n) is 6.72. The number of carbonyl (C=O) groups excluding carboxylic acids is 1. The number of aryl methyl sites for hydroxylation is 2. The van der Waals surface area contributed by atoms with Crippen molar-refractivity contribution in [3.8, 4) is 0 Å². The third-order valence-electron chi connectivity index (χ3n) is 9.02. The van der Waals surface area contributed by atoms with Gasteiger partial charge in [-0.1, -0.05) is 47.1 Å². The summed E-state index contributed by atoms with van der Waals surface area (Å²) in [6.45, 7) is 1.67. The van der Waals surface area contributed by atoms with Crippen LogP contribution in [0.3, 0.4) is 0 Å². The number of rotatable bonds is 4. The number of fused-ring (bicyclic) bond motifs is 3. The van der Waals surface area contributed by atoms with Crippen LogP contribution in [0, 0.1) is 12.8 Å². The Morgan fingerprint density at radius 3 is 2.21 bits per heavy atom. The molecule has 236 valence electrons. The second-order valence-corrected chi connectivity index (χ2v) is 17.0. The van der Waals surface area contributed by atoms with E-state index in [1.165, 1.54) is 23.1 Å². The molecule has 3 aliphatic rings. The van der Waals surface area contributed by atoms with Crippen LogP contribution < -0.4 is 0 Å². The first-order valence-electron chi connectivity index (χ1n) is 13.5. The van der Waals surface area contributed by atoms with E-state index in [9.17, 15) is 39.6 Å². The summed E-state index contributed by atoms with van der Waals surface area (Å²) in [6, 6.07) is 4.81. The normalized spacial score (nSPS) is 26.6. The highest BCUT2D eigenvalue weighted by molar-refractivity contribution is 8.28. The van der Waals surface area contributed by atoms with Crippen LogP contribution in [0.1, 0.15) is 47.9 Å². The smallest absolute Gasteiger partial charge is 0.337 e. The van der Waals surface area contributed by atoms with Crippen LogP contribution in [0.15, 0.2) is 41.3 Å². The topological polar surface area (TPSA) is 54.5 Å². The third-order valence-corrected chi connectivity index (χ3v) is 14.3. The lowest BCUT2D eigenvalue weighted by molar-refractivity contribution is -0.348. The zero-order chi connectivity index (χ0) is 31.8. The maximum absolute atomic E-state index is 15.0. The number of halogens is 8. The SMILES string of the molecule is Cc1ccc(S(=O)(=O)C23CCN(C(=O)C4CCS(=S)CC4)C2CCc2cc(C(F)(C(F)(F)F)C(F)(F)F)ccc23)cc1Cl. The van der Waals surface area contributed by atoms with E-state index in [2.05, 4.69) is 0 Å². The van der Waals surface area contributed by atoms with Crippen LogP contribution in [0.4, 0.5) is 30.7 Å². The average molecular weight is 690 g/mol. The van der Waals surface area contributed by atoms with E-state index in [1.54, 1.807) is 6.92 Å². The number of sulfone groups is 1. The lowest BCUT2D eigenvalue weighted by Crippen LogP contribution is -2.54. The Bertz CT molecular complexity index is 1570. The molecule has 2 saturated heterocycles. The summed E-state index contributed by atoms with van der Waals surface area (Å²) in [7, 11) is -4.68. The molecule has 2 unspecified atom stereocenters. The largest absolute Gasteiger partial charge is 0.435 e. The highest BCUT2D eigenvalue weighted by Crippen LogP contribution is 2.57. The predicted molar refractivity (Wildman–Crippen MR) is 152 cm³/mol. The number of hydrogen-bond donors (Lipinski definition) is 0. The van der Waals surface area contributed by atoms with Gasteiger partial charge in [0.2, 0.25) is 5.91 Å². The van der Waals surface area contributed by atoms with Gasteiger partial charge in [0, 0.05) is 23.0 Å². The molecular weight excluding hydrogens is 663 g/mol. The first kappa shape index (κ1) is 32.6. The summed E-state index contributed by atoms with van der Waals surface area (Å²) in [5.74, 6) is 0.760. The van der Waals surface area contributed by atoms with Crippen molar-refractivity contribution in [2.45, 2.75) is 72.7 Å². The Morgan fingerprint density at radius 1 is 1.00 bits per heavy atom. The van der Waals surface area contributed by atoms with E-state index in [-0.39, 0.29) is 68.1 Å². The van der Waals surface area contributed by atoms with E-state index in [1.807, 2.05) is 0 Å². The van der Waals surface area contributed by atoms with Gasteiger partial charge >= 0.3 is 18.0 Å². The quantitative estimate of drug-likeness (QED) is 0.338. The van der Waals surface area contributed by atoms with Crippen molar-refractivity contribution in [2.75, 3.05) is 18.1 Å². The van der Waals surface area contributed by atoms with Gasteiger partial charge in [-0.15, -0.1) is 9.45 Å². The molecule has 15 heteroatoms. The standard InChI is InChI=1S/C28H27ClF7NO3S3/c1-16-2-5-20(15-22(16)29)43(39,40)25-10-11-37(24(38)17-8-12-42(41)13-9-17)23(25)7-3-18-14-19(4-6-21(18)25)26(30,27(31,32)33)28(34,35)36/h2,4-6,14-15,17,23H,3,7-13H2,1H3. The molecule has 0 saturated carbocycles. The molecule has 4 nitrogen and oxygen atoms in total. The number of alkyl halides is 7. The van der Waals surface area contributed by atoms with Crippen molar-refractivity contribution in [3.63, 3.8) is 0 Å². The molecule has 2 aromatic carbocycles. The Balaban J connectivity index is 1.68. The van der Waals surface area contributed by atoms with E-state index < -0.39 is 44.2 Å². The molecule has 0 bridgehead atoms. The fraction of sp³-hybridized carbons (Fsp3) is 0.536. The summed E-state index contributed by atoms with van der Waals surface area (Å²) in [4.78, 5) is 15.1. The van der Waals surface area contributed by atoms with Gasteiger partial charge in [0.1, 0.15) is 4.75 Å². The summed E-state index contributed by atoms with van der Waals surface area (Å²) in [6.07, 6.45) is -11.9. The first-order chi connectivity index (χ1) is 19.9. The maximum atomic E-state index is 15.0. The molecule has 0 N–H and O–H groups in total. The highest BCUT2D eigenvalue weighted by Gasteiger charge is 2.74. The summed E-state index contributed by atoms with van der Waals surface area (Å²) in [5.41, 5.74) is -6.94. The molecule has 0 radical (unpaired) electrons. The number of amides is 1. The Hall–Kier alpha value is -1.77. The molecular formula is C28H27ClF7NO3S3. The molecule has 0 spiro atoms. The van der Waals surface area contributed by atoms with Crippen LogP contribution in [0.2, 0.25) is 5.02 Å². The van der Waals surface area contributed by atoms with Gasteiger partial charge in [-0.05, 0) is 79.4 Å². The van der Waals surface area contributed by atoms with Gasteiger partial charge in [0.25, 0.3) is 0 Å². The van der Waals surface area contributed by atoms with Crippen LogP contribution in [-0.4, -0.2) is 55.7 Å². The monoisotopic (exact) mass is 689 g/mol. The number of nitrogens with zero attached hydrogens (tertiary/aromatic N) is 1. The Morgan fingerprint density at radius 2 is 1.63 bits per heavy atom. The summed E-state index contributed by atoms with van der Waals surface area (Å²) >= 11 is 11.6. The minimum atomic E-state index is -6.32. The molecule has 2 aliphatic heterocycles. The second-order valence-electron chi connectivity index (χ2n) is 11.3. The molecule has 5 rings (SSSR count). The predicted octanol–water partition coefficient (Wildman–Crippen LogP) is 6.64. The van der Waals surface area contributed by atoms with E-state index in [0.717, 1.165) is 6.07 Å². The lowest BCUT2D eigenvalue weighted by atomic mass is 9.76. The molecule has 0 aromatic heterocycles. The maximum Gasteiger partial charge on any atom is 0.435 e. The number of benzene rings is 2.